The Bertz CT molecular complexity index is 895. The molecule has 2 aromatic carbocycles. The summed E-state index contributed by atoms with van der Waals surface area (Å²) in [5.74, 6) is 1.84. The van der Waals surface area contributed by atoms with Gasteiger partial charge in [-0.2, -0.15) is 0 Å². The molecule has 1 aliphatic heterocycles. The van der Waals surface area contributed by atoms with Crippen LogP contribution < -0.4 is 0 Å². The zero-order valence-corrected chi connectivity index (χ0v) is 15.2. The van der Waals surface area contributed by atoms with Gasteiger partial charge in [-0.1, -0.05) is 59.8 Å². The highest BCUT2D eigenvalue weighted by atomic mass is 32.2. The summed E-state index contributed by atoms with van der Waals surface area (Å²) in [6.45, 7) is 4.89. The smallest absolute Gasteiger partial charge is 0.141 e. The molecule has 0 saturated heterocycles. The Balaban J connectivity index is 1.72. The number of nitrogens with zero attached hydrogens (tertiary/aromatic N) is 2. The van der Waals surface area contributed by atoms with Gasteiger partial charge < -0.3 is 9.42 Å². The number of hydrogen-bond donors (Lipinski definition) is 0. The van der Waals surface area contributed by atoms with E-state index in [1.54, 1.807) is 0 Å². The lowest BCUT2D eigenvalue weighted by Gasteiger charge is -2.23. The van der Waals surface area contributed by atoms with Crippen molar-refractivity contribution in [2.45, 2.75) is 20.4 Å². The Kier molecular flexibility index (Phi) is 4.36. The number of aromatic nitrogens is 1. The molecule has 126 valence electrons. The molecule has 0 radical (unpaired) electrons. The largest absolute Gasteiger partial charge is 0.361 e. The van der Waals surface area contributed by atoms with Gasteiger partial charge in [-0.15, -0.1) is 11.8 Å². The van der Waals surface area contributed by atoms with Crippen LogP contribution in [0.3, 0.4) is 0 Å². The minimum Gasteiger partial charge on any atom is -0.361 e. The van der Waals surface area contributed by atoms with Gasteiger partial charge in [0.15, 0.2) is 0 Å². The van der Waals surface area contributed by atoms with E-state index in [9.17, 15) is 0 Å². The first-order chi connectivity index (χ1) is 12.2. The quantitative estimate of drug-likeness (QED) is 0.626. The second-order valence-electron chi connectivity index (χ2n) is 6.23. The maximum atomic E-state index is 5.40. The molecule has 0 atom stereocenters. The highest BCUT2D eigenvalue weighted by Crippen LogP contribution is 2.39. The van der Waals surface area contributed by atoms with E-state index >= 15 is 0 Å². The molecular formula is C21H20N2OS. The SMILES string of the molecule is Cc1noc(C)c1-c1ccccc1C1=CSCN1Cc1ccccc1. The van der Waals surface area contributed by atoms with Crippen molar-refractivity contribution in [1.82, 2.24) is 10.1 Å². The molecule has 0 spiro atoms. The summed E-state index contributed by atoms with van der Waals surface area (Å²) in [6, 6.07) is 19.1. The molecule has 1 aliphatic rings. The molecule has 3 nitrogen and oxygen atoms in total. The first kappa shape index (κ1) is 16.0. The fourth-order valence-electron chi connectivity index (χ4n) is 3.31. The molecule has 4 heteroatoms. The van der Waals surface area contributed by atoms with E-state index in [1.165, 1.54) is 22.4 Å². The number of aryl methyl sites for hydroxylation is 2. The Morgan fingerprint density at radius 3 is 2.44 bits per heavy atom. The van der Waals surface area contributed by atoms with Gasteiger partial charge in [0.05, 0.1) is 17.3 Å². The third-order valence-electron chi connectivity index (χ3n) is 4.49. The first-order valence-corrected chi connectivity index (χ1v) is 9.42. The average molecular weight is 348 g/mol. The van der Waals surface area contributed by atoms with Gasteiger partial charge in [0.25, 0.3) is 0 Å². The molecule has 0 N–H and O–H groups in total. The molecule has 1 aromatic heterocycles. The lowest BCUT2D eigenvalue weighted by molar-refractivity contribution is 0.393. The van der Waals surface area contributed by atoms with E-state index in [2.05, 4.69) is 70.1 Å². The highest BCUT2D eigenvalue weighted by Gasteiger charge is 2.22. The lowest BCUT2D eigenvalue weighted by atomic mass is 9.96. The summed E-state index contributed by atoms with van der Waals surface area (Å²) in [6.07, 6.45) is 0. The number of hydrogen-bond acceptors (Lipinski definition) is 4. The normalized spacial score (nSPS) is 14.0. The molecule has 0 amide bonds. The lowest BCUT2D eigenvalue weighted by Crippen LogP contribution is -2.18. The fourth-order valence-corrected chi connectivity index (χ4v) is 4.23. The van der Waals surface area contributed by atoms with Crippen LogP contribution in [-0.2, 0) is 6.54 Å². The van der Waals surface area contributed by atoms with Gasteiger partial charge >= 0.3 is 0 Å². The van der Waals surface area contributed by atoms with Gasteiger partial charge in [0.2, 0.25) is 0 Å². The number of benzene rings is 2. The minimum atomic E-state index is 0.866. The van der Waals surface area contributed by atoms with E-state index < -0.39 is 0 Å². The van der Waals surface area contributed by atoms with Gasteiger partial charge in [-0.25, -0.2) is 0 Å². The number of thioether (sulfide) groups is 1. The van der Waals surface area contributed by atoms with E-state index in [0.717, 1.165) is 29.4 Å². The minimum absolute atomic E-state index is 0.866. The Hall–Kier alpha value is -2.46. The fraction of sp³-hybridized carbons (Fsp3) is 0.190. The van der Waals surface area contributed by atoms with Crippen LogP contribution in [0, 0.1) is 13.8 Å². The molecule has 0 unspecified atom stereocenters. The van der Waals surface area contributed by atoms with E-state index in [4.69, 9.17) is 4.52 Å². The summed E-state index contributed by atoms with van der Waals surface area (Å²) in [5.41, 5.74) is 7.05. The van der Waals surface area contributed by atoms with Crippen molar-refractivity contribution < 1.29 is 4.52 Å². The summed E-state index contributed by atoms with van der Waals surface area (Å²) >= 11 is 1.84. The van der Waals surface area contributed by atoms with E-state index in [1.807, 2.05) is 25.6 Å². The predicted molar refractivity (Wildman–Crippen MR) is 104 cm³/mol. The Labute approximate surface area is 152 Å². The number of rotatable bonds is 4. The molecular weight excluding hydrogens is 328 g/mol. The van der Waals surface area contributed by atoms with Crippen molar-refractivity contribution >= 4 is 17.5 Å². The maximum absolute atomic E-state index is 5.40. The first-order valence-electron chi connectivity index (χ1n) is 8.37. The van der Waals surface area contributed by atoms with Crippen LogP contribution in [0.2, 0.25) is 0 Å². The topological polar surface area (TPSA) is 29.3 Å². The molecule has 2 heterocycles. The highest BCUT2D eigenvalue weighted by molar-refractivity contribution is 8.02. The molecule has 3 aromatic rings. The van der Waals surface area contributed by atoms with Crippen molar-refractivity contribution in [3.8, 4) is 11.1 Å². The second kappa shape index (κ2) is 6.81. The third-order valence-corrected chi connectivity index (χ3v) is 5.34. The molecule has 0 bridgehead atoms. The standard InChI is InChI=1S/C21H20N2OS/c1-15-21(16(2)24-22-15)19-11-7-6-10-18(19)20-13-25-14-23(20)12-17-8-4-3-5-9-17/h3-11,13H,12,14H2,1-2H3. The van der Waals surface area contributed by atoms with Gasteiger partial charge in [-0.05, 0) is 30.4 Å². The summed E-state index contributed by atoms with van der Waals surface area (Å²) in [7, 11) is 0. The van der Waals surface area contributed by atoms with Crippen LogP contribution in [0.5, 0.6) is 0 Å². The van der Waals surface area contributed by atoms with Gasteiger partial charge in [0.1, 0.15) is 5.76 Å². The summed E-state index contributed by atoms with van der Waals surface area (Å²) in [5, 5.41) is 6.40. The average Bonchev–Trinajstić information content (AvgIpc) is 3.22. The van der Waals surface area contributed by atoms with Crippen LogP contribution in [0.4, 0.5) is 0 Å². The van der Waals surface area contributed by atoms with E-state index in [-0.39, 0.29) is 0 Å². The Morgan fingerprint density at radius 1 is 1.00 bits per heavy atom. The van der Waals surface area contributed by atoms with Crippen LogP contribution in [-0.4, -0.2) is 15.9 Å². The molecule has 0 saturated carbocycles. The van der Waals surface area contributed by atoms with Gasteiger partial charge in [0, 0.05) is 17.7 Å². The molecule has 0 aliphatic carbocycles. The predicted octanol–water partition coefficient (Wildman–Crippen LogP) is 5.46. The molecule has 4 rings (SSSR count). The zero-order valence-electron chi connectivity index (χ0n) is 14.4. The monoisotopic (exact) mass is 348 g/mol. The summed E-state index contributed by atoms with van der Waals surface area (Å²) in [4.78, 5) is 2.43. The van der Waals surface area contributed by atoms with Crippen molar-refractivity contribution in [2.24, 2.45) is 0 Å². The molecule has 25 heavy (non-hydrogen) atoms. The second-order valence-corrected chi connectivity index (χ2v) is 7.05. The third kappa shape index (κ3) is 3.10. The van der Waals surface area contributed by atoms with Crippen molar-refractivity contribution in [2.75, 3.05) is 5.88 Å². The van der Waals surface area contributed by atoms with Crippen LogP contribution in [0.1, 0.15) is 22.6 Å². The van der Waals surface area contributed by atoms with Gasteiger partial charge in [-0.3, -0.25) is 0 Å². The molecule has 0 fully saturated rings. The summed E-state index contributed by atoms with van der Waals surface area (Å²) < 4.78 is 5.40. The van der Waals surface area contributed by atoms with Crippen LogP contribution in [0.25, 0.3) is 16.8 Å². The van der Waals surface area contributed by atoms with E-state index in [0.29, 0.717) is 0 Å². The zero-order chi connectivity index (χ0) is 17.2. The van der Waals surface area contributed by atoms with Crippen LogP contribution in [0.15, 0.2) is 64.5 Å². The maximum Gasteiger partial charge on any atom is 0.141 e. The van der Waals surface area contributed by atoms with Crippen LogP contribution >= 0.6 is 11.8 Å². The van der Waals surface area contributed by atoms with Crippen molar-refractivity contribution in [3.63, 3.8) is 0 Å². The Morgan fingerprint density at radius 2 is 1.72 bits per heavy atom. The van der Waals surface area contributed by atoms with Crippen molar-refractivity contribution in [1.29, 1.82) is 0 Å². The van der Waals surface area contributed by atoms with Crippen molar-refractivity contribution in [3.05, 3.63) is 82.6 Å².